The third-order valence-corrected chi connectivity index (χ3v) is 0.838. The van der Waals surface area contributed by atoms with Gasteiger partial charge in [-0.25, -0.2) is 5.43 Å². The van der Waals surface area contributed by atoms with Crippen LogP contribution in [-0.2, 0) is 0 Å². The lowest BCUT2D eigenvalue weighted by Crippen LogP contribution is -2.10. The van der Waals surface area contributed by atoms with Gasteiger partial charge >= 0.3 is 0 Å². The molecule has 0 aliphatic carbocycles. The smallest absolute Gasteiger partial charge is 0.207 e. The first-order chi connectivity index (χ1) is 3.39. The summed E-state index contributed by atoms with van der Waals surface area (Å²) in [6.45, 7) is 0. The van der Waals surface area contributed by atoms with Gasteiger partial charge in [0.2, 0.25) is 3.84 Å². The lowest BCUT2D eigenvalue weighted by molar-refractivity contribution is 1.01. The molecule has 0 saturated carbocycles. The molecule has 0 aromatic rings. The van der Waals surface area contributed by atoms with Crippen molar-refractivity contribution >= 4 is 32.4 Å². The van der Waals surface area contributed by atoms with Crippen LogP contribution in [-0.4, -0.2) is 9.85 Å². The molecule has 5 heteroatoms. The van der Waals surface area contributed by atoms with Gasteiger partial charge in [-0.15, -0.1) is 10.2 Å². The first-order valence-corrected chi connectivity index (χ1v) is 2.61. The lowest BCUT2D eigenvalue weighted by atomic mass is 11.3. The Morgan fingerprint density at radius 1 is 1.71 bits per heavy atom. The van der Waals surface area contributed by atoms with Gasteiger partial charge in [0, 0.05) is 22.6 Å². The molecule has 0 bridgehead atoms. The molecule has 0 unspecified atom stereocenters. The third kappa shape index (κ3) is 1.24. The number of nitrogens with zero attached hydrogens (tertiary/aromatic N) is 3. The molecule has 1 N–H and O–H groups in total. The molecule has 0 aromatic carbocycles. The Morgan fingerprint density at radius 2 is 2.57 bits per heavy atom. The zero-order valence-electron chi connectivity index (χ0n) is 3.22. The molecule has 0 aromatic heterocycles. The molecule has 1 aliphatic heterocycles. The van der Waals surface area contributed by atoms with Crippen LogP contribution in [0.4, 0.5) is 0 Å². The molecule has 1 aliphatic rings. The second kappa shape index (κ2) is 2.04. The first kappa shape index (κ1) is 4.73. The maximum atomic E-state index is 3.54. The van der Waals surface area contributed by atoms with E-state index in [9.17, 15) is 0 Å². The minimum absolute atomic E-state index is 0.663. The Hall–Kier alpha value is -0.420. The molecule has 1 heterocycles. The second-order valence-corrected chi connectivity index (χ2v) is 1.84. The average Bonchev–Trinajstić information content (AvgIpc) is 1.69. The van der Waals surface area contributed by atoms with Crippen LogP contribution in [0.3, 0.4) is 0 Å². The van der Waals surface area contributed by atoms with E-state index < -0.39 is 0 Å². The Bertz CT molecular complexity index is 153. The quantitative estimate of drug-likeness (QED) is 0.454. The summed E-state index contributed by atoms with van der Waals surface area (Å²) >= 11 is 1.97. The summed E-state index contributed by atoms with van der Waals surface area (Å²) < 4.78 is 0.663. The Labute approximate surface area is 53.5 Å². The van der Waals surface area contributed by atoms with Gasteiger partial charge in [-0.2, -0.15) is 0 Å². The Morgan fingerprint density at radius 3 is 2.86 bits per heavy atom. The third-order valence-electron chi connectivity index (χ3n) is 0.381. The van der Waals surface area contributed by atoms with E-state index >= 15 is 0 Å². The maximum Gasteiger partial charge on any atom is 0.207 e. The molecule has 0 saturated heterocycles. The summed E-state index contributed by atoms with van der Waals surface area (Å²) in [6.07, 6.45) is 0. The first-order valence-electron chi connectivity index (χ1n) is 1.53. The Balaban J connectivity index is 2.77. The van der Waals surface area contributed by atoms with Crippen molar-refractivity contribution in [3.05, 3.63) is 0 Å². The van der Waals surface area contributed by atoms with Crippen molar-refractivity contribution in [2.75, 3.05) is 0 Å². The predicted molar refractivity (Wildman–Crippen MR) is 34.5 cm³/mol. The van der Waals surface area contributed by atoms with Crippen molar-refractivity contribution in [1.82, 2.24) is 5.43 Å². The fraction of sp³-hybridized carbons (Fsp3) is 0. The minimum atomic E-state index is 0.663. The van der Waals surface area contributed by atoms with E-state index in [1.54, 1.807) is 0 Å². The van der Waals surface area contributed by atoms with Gasteiger partial charge < -0.3 is 0 Å². The van der Waals surface area contributed by atoms with E-state index in [-0.39, 0.29) is 0 Å². The van der Waals surface area contributed by atoms with Gasteiger partial charge in [0.25, 0.3) is 0 Å². The molecule has 0 amide bonds. The molecule has 0 radical (unpaired) electrons. The second-order valence-electron chi connectivity index (χ2n) is 0.814. The SMILES string of the molecule is IC1=NN=C=NN1. The van der Waals surface area contributed by atoms with Gasteiger partial charge in [0.15, 0.2) is 0 Å². The normalized spacial score (nSPS) is 15.9. The number of rotatable bonds is 0. The highest BCUT2D eigenvalue weighted by Gasteiger charge is 1.87. The summed E-state index contributed by atoms with van der Waals surface area (Å²) in [4.78, 5) is 0. The van der Waals surface area contributed by atoms with Gasteiger partial charge in [-0.1, -0.05) is 5.10 Å². The molecule has 4 nitrogen and oxygen atoms in total. The molecule has 1 rings (SSSR count). The standard InChI is InChI=1S/C2HIN4/c3-2-6-4-1-5-7-2/h(H,6,7). The zero-order valence-corrected chi connectivity index (χ0v) is 5.38. The predicted octanol–water partition coefficient (Wildman–Crippen LogP) is 0.385. The fourth-order valence-corrected chi connectivity index (χ4v) is 0.411. The van der Waals surface area contributed by atoms with Crippen molar-refractivity contribution in [3.63, 3.8) is 0 Å². The van der Waals surface area contributed by atoms with E-state index in [2.05, 4.69) is 26.7 Å². The monoisotopic (exact) mass is 208 g/mol. The van der Waals surface area contributed by atoms with Crippen molar-refractivity contribution in [3.8, 4) is 0 Å². The number of nitrogens with one attached hydrogen (secondary N) is 1. The maximum absolute atomic E-state index is 3.54. The number of hydrazone groups is 1. The minimum Gasteiger partial charge on any atom is -0.245 e. The molecular weight excluding hydrogens is 207 g/mol. The van der Waals surface area contributed by atoms with Crippen LogP contribution in [0.1, 0.15) is 0 Å². The van der Waals surface area contributed by atoms with Crippen LogP contribution in [0.2, 0.25) is 0 Å². The van der Waals surface area contributed by atoms with Crippen molar-refractivity contribution in [2.45, 2.75) is 0 Å². The van der Waals surface area contributed by atoms with Crippen LogP contribution < -0.4 is 5.43 Å². The summed E-state index contributed by atoms with van der Waals surface area (Å²) in [7, 11) is 0. The topological polar surface area (TPSA) is 49.1 Å². The molecule has 36 valence electrons. The number of hydrogen-bond acceptors (Lipinski definition) is 4. The van der Waals surface area contributed by atoms with Crippen LogP contribution >= 0.6 is 22.6 Å². The van der Waals surface area contributed by atoms with E-state index in [1.807, 2.05) is 22.6 Å². The highest BCUT2D eigenvalue weighted by atomic mass is 127. The van der Waals surface area contributed by atoms with E-state index in [1.165, 1.54) is 0 Å². The van der Waals surface area contributed by atoms with E-state index in [4.69, 9.17) is 0 Å². The van der Waals surface area contributed by atoms with Gasteiger partial charge in [-0.3, -0.25) is 0 Å². The lowest BCUT2D eigenvalue weighted by Gasteiger charge is -1.90. The van der Waals surface area contributed by atoms with Crippen molar-refractivity contribution in [1.29, 1.82) is 0 Å². The highest BCUT2D eigenvalue weighted by molar-refractivity contribution is 14.1. The van der Waals surface area contributed by atoms with Gasteiger partial charge in [-0.05, 0) is 0 Å². The summed E-state index contributed by atoms with van der Waals surface area (Å²) in [5.41, 5.74) is 2.54. The van der Waals surface area contributed by atoms with Crippen molar-refractivity contribution in [2.24, 2.45) is 15.3 Å². The van der Waals surface area contributed by atoms with E-state index in [0.717, 1.165) is 0 Å². The fourth-order valence-electron chi connectivity index (χ4n) is 0.182. The van der Waals surface area contributed by atoms with Crippen LogP contribution in [0, 0.1) is 0 Å². The van der Waals surface area contributed by atoms with Crippen LogP contribution in [0.5, 0.6) is 0 Å². The molecule has 0 fully saturated rings. The van der Waals surface area contributed by atoms with Crippen molar-refractivity contribution < 1.29 is 0 Å². The van der Waals surface area contributed by atoms with Crippen LogP contribution in [0.15, 0.2) is 15.3 Å². The number of hydrogen-bond donors (Lipinski definition) is 1. The molecular formula is C2HIN4. The average molecular weight is 208 g/mol. The van der Waals surface area contributed by atoms with Gasteiger partial charge in [0.05, 0.1) is 0 Å². The van der Waals surface area contributed by atoms with Gasteiger partial charge in [0.1, 0.15) is 6.01 Å². The van der Waals surface area contributed by atoms with E-state index in [0.29, 0.717) is 3.84 Å². The Kier molecular flexibility index (Phi) is 1.38. The zero-order chi connectivity index (χ0) is 5.11. The molecule has 0 spiro atoms. The summed E-state index contributed by atoms with van der Waals surface area (Å²) in [5, 5.41) is 10.4. The van der Waals surface area contributed by atoms with Crippen LogP contribution in [0.25, 0.3) is 0 Å². The largest absolute Gasteiger partial charge is 0.245 e. The summed E-state index contributed by atoms with van der Waals surface area (Å²) in [6, 6.07) is 2.26. The summed E-state index contributed by atoms with van der Waals surface area (Å²) in [5.74, 6) is 0. The highest BCUT2D eigenvalue weighted by Crippen LogP contribution is 1.88. The number of amidine groups is 1. The molecule has 0 atom stereocenters. The number of halogens is 1. The molecule has 7 heavy (non-hydrogen) atoms.